The van der Waals surface area contributed by atoms with E-state index in [0.717, 1.165) is 0 Å². The summed E-state index contributed by atoms with van der Waals surface area (Å²) in [4.78, 5) is 25.0. The zero-order valence-corrected chi connectivity index (χ0v) is 26.5. The summed E-state index contributed by atoms with van der Waals surface area (Å²) in [6, 6.07) is 9.09. The highest BCUT2D eigenvalue weighted by Crippen LogP contribution is 2.34. The highest BCUT2D eigenvalue weighted by atomic mass is 16.7. The summed E-state index contributed by atoms with van der Waals surface area (Å²) in [5.74, 6) is -0.384. The summed E-state index contributed by atoms with van der Waals surface area (Å²) in [6.45, 7) is -1.24. The van der Waals surface area contributed by atoms with Gasteiger partial charge in [0.1, 0.15) is 48.8 Å². The van der Waals surface area contributed by atoms with Crippen LogP contribution in [0.25, 0.3) is 12.2 Å². The van der Waals surface area contributed by atoms with Gasteiger partial charge in [0.15, 0.2) is 34.6 Å². The number of carbonyl (C=O) groups is 2. The maximum atomic E-state index is 12.5. The van der Waals surface area contributed by atoms with Crippen molar-refractivity contribution in [2.45, 2.75) is 67.8 Å². The molecule has 2 aromatic carbocycles. The van der Waals surface area contributed by atoms with Crippen LogP contribution in [0.1, 0.15) is 17.5 Å². The van der Waals surface area contributed by atoms with Crippen molar-refractivity contribution >= 4 is 23.7 Å². The topological polar surface area (TPSA) is 251 Å². The van der Waals surface area contributed by atoms with Crippen LogP contribution in [0.4, 0.5) is 0 Å². The number of benzene rings is 2. The molecule has 2 aliphatic heterocycles. The number of ether oxygens (including phenoxy) is 6. The Labute approximate surface area is 280 Å². The number of methoxy groups -OCH3 is 2. The van der Waals surface area contributed by atoms with Crippen LogP contribution in [0.5, 0.6) is 23.0 Å². The Kier molecular flexibility index (Phi) is 13.2. The fraction of sp³-hybridized carbons (Fsp3) is 0.455. The lowest BCUT2D eigenvalue weighted by molar-refractivity contribution is -0.277. The smallest absolute Gasteiger partial charge is 0.229 e. The van der Waals surface area contributed by atoms with Gasteiger partial charge < -0.3 is 69.3 Å². The number of hydrogen-bond donors (Lipinski definition) is 8. The Hall–Kier alpha value is -3.94. The molecule has 0 aliphatic carbocycles. The average Bonchev–Trinajstić information content (AvgIpc) is 3.10. The van der Waals surface area contributed by atoms with Crippen LogP contribution in [-0.4, -0.2) is 141 Å². The lowest BCUT2D eigenvalue weighted by Gasteiger charge is -2.39. The van der Waals surface area contributed by atoms with Gasteiger partial charge in [0.25, 0.3) is 0 Å². The summed E-state index contributed by atoms with van der Waals surface area (Å²) < 4.78 is 32.6. The molecule has 0 bridgehead atoms. The van der Waals surface area contributed by atoms with Crippen molar-refractivity contribution in [3.05, 3.63) is 59.7 Å². The summed E-state index contributed by atoms with van der Waals surface area (Å²) >= 11 is 0. The highest BCUT2D eigenvalue weighted by molar-refractivity contribution is 6.10. The molecule has 0 amide bonds. The van der Waals surface area contributed by atoms with Crippen LogP contribution in [0.2, 0.25) is 0 Å². The molecule has 16 heteroatoms. The third-order valence-corrected chi connectivity index (χ3v) is 7.83. The van der Waals surface area contributed by atoms with E-state index < -0.39 is 92.6 Å². The molecule has 2 heterocycles. The van der Waals surface area contributed by atoms with E-state index in [-0.39, 0.29) is 23.0 Å². The summed E-state index contributed by atoms with van der Waals surface area (Å²) in [5, 5.41) is 79.1. The number of carbonyl (C=O) groups excluding carboxylic acids is 2. The monoisotopic (exact) mass is 692 g/mol. The van der Waals surface area contributed by atoms with Crippen LogP contribution >= 0.6 is 0 Å². The normalized spacial score (nSPS) is 30.3. The zero-order chi connectivity index (χ0) is 35.8. The Morgan fingerprint density at radius 1 is 0.612 bits per heavy atom. The Balaban J connectivity index is 1.33. The number of aliphatic hydroxyl groups excluding tert-OH is 8. The van der Waals surface area contributed by atoms with Crippen LogP contribution in [0, 0.1) is 0 Å². The van der Waals surface area contributed by atoms with Gasteiger partial charge in [-0.2, -0.15) is 0 Å². The molecule has 10 atom stereocenters. The van der Waals surface area contributed by atoms with Gasteiger partial charge in [-0.05, 0) is 47.5 Å². The van der Waals surface area contributed by atoms with Crippen molar-refractivity contribution in [2.75, 3.05) is 27.4 Å². The van der Waals surface area contributed by atoms with E-state index in [1.807, 2.05) is 0 Å². The SMILES string of the molecule is COc1cc(/C=C/C(=O)CC(=O)/C=C/c2ccc(O[C@@H]3O[C@H](CO)[C@@H](O)[C@H](O)[C@H]3O)c(OC)c2)ccc1OC1O[C@H](CO)[C@@H](O)[C@H](O)[C@H]1O. The van der Waals surface area contributed by atoms with E-state index in [1.54, 1.807) is 12.1 Å². The first kappa shape index (κ1) is 37.9. The molecule has 2 aliphatic rings. The summed E-state index contributed by atoms with van der Waals surface area (Å²) in [6.07, 6.45) is -9.81. The van der Waals surface area contributed by atoms with Gasteiger partial charge >= 0.3 is 0 Å². The quantitative estimate of drug-likeness (QED) is 0.0813. The van der Waals surface area contributed by atoms with Crippen LogP contribution in [0.3, 0.4) is 0 Å². The van der Waals surface area contributed by atoms with Crippen LogP contribution in [0.15, 0.2) is 48.6 Å². The maximum Gasteiger partial charge on any atom is 0.229 e. The molecule has 4 rings (SSSR count). The number of aliphatic hydroxyl groups is 8. The first-order valence-corrected chi connectivity index (χ1v) is 15.1. The average molecular weight is 693 g/mol. The van der Waals surface area contributed by atoms with E-state index in [0.29, 0.717) is 11.1 Å². The minimum atomic E-state index is -1.62. The van der Waals surface area contributed by atoms with Gasteiger partial charge in [0.2, 0.25) is 12.6 Å². The third kappa shape index (κ3) is 9.20. The molecule has 0 saturated carbocycles. The van der Waals surface area contributed by atoms with E-state index in [9.17, 15) is 50.4 Å². The number of hydrogen-bond acceptors (Lipinski definition) is 16. The minimum absolute atomic E-state index is 0.112. The van der Waals surface area contributed by atoms with Crippen molar-refractivity contribution in [1.82, 2.24) is 0 Å². The zero-order valence-electron chi connectivity index (χ0n) is 26.5. The van der Waals surface area contributed by atoms with Crippen LogP contribution in [-0.2, 0) is 19.1 Å². The first-order valence-electron chi connectivity index (χ1n) is 15.1. The van der Waals surface area contributed by atoms with Gasteiger partial charge in [-0.25, -0.2) is 0 Å². The second-order valence-electron chi connectivity index (χ2n) is 11.2. The molecule has 1 unspecified atom stereocenters. The molecule has 8 N–H and O–H groups in total. The van der Waals surface area contributed by atoms with Crippen molar-refractivity contribution in [1.29, 1.82) is 0 Å². The predicted molar refractivity (Wildman–Crippen MR) is 167 cm³/mol. The molecule has 0 radical (unpaired) electrons. The van der Waals surface area contributed by atoms with Crippen molar-refractivity contribution in [3.8, 4) is 23.0 Å². The molecular formula is C33H40O16. The highest BCUT2D eigenvalue weighted by Gasteiger charge is 2.46. The van der Waals surface area contributed by atoms with E-state index in [4.69, 9.17) is 28.4 Å². The van der Waals surface area contributed by atoms with Crippen molar-refractivity contribution in [3.63, 3.8) is 0 Å². The van der Waals surface area contributed by atoms with Crippen molar-refractivity contribution < 1.29 is 78.9 Å². The van der Waals surface area contributed by atoms with Gasteiger partial charge in [0.05, 0.1) is 33.9 Å². The standard InChI is InChI=1S/C33H40O16/c1-44-22-11-16(5-9-20(22)46-32-30(42)28(40)26(38)24(14-34)48-32)3-7-18(36)13-19(37)8-4-17-6-10-21(23(12-17)45-2)47-33-31(43)29(41)27(39)25(15-35)49-33/h3-12,24-35,38-43H,13-15H2,1-2H3/b7-3+,8-4+/t24-,25-,26-,27-,28+,29+,30-,31-,32-,33?/m1/s1. The molecule has 268 valence electrons. The Morgan fingerprint density at radius 2 is 1.00 bits per heavy atom. The second-order valence-corrected chi connectivity index (χ2v) is 11.2. The molecule has 2 fully saturated rings. The maximum absolute atomic E-state index is 12.5. The summed E-state index contributed by atoms with van der Waals surface area (Å²) in [5.41, 5.74) is 1.01. The van der Waals surface area contributed by atoms with E-state index in [1.165, 1.54) is 62.8 Å². The van der Waals surface area contributed by atoms with Gasteiger partial charge in [0, 0.05) is 0 Å². The van der Waals surface area contributed by atoms with E-state index in [2.05, 4.69) is 0 Å². The Bertz CT molecular complexity index is 1380. The summed E-state index contributed by atoms with van der Waals surface area (Å²) in [7, 11) is 2.71. The lowest BCUT2D eigenvalue weighted by atomic mass is 9.99. The molecular weight excluding hydrogens is 652 g/mol. The lowest BCUT2D eigenvalue weighted by Crippen LogP contribution is -2.60. The number of ketones is 2. The Morgan fingerprint density at radius 3 is 1.35 bits per heavy atom. The predicted octanol–water partition coefficient (Wildman–Crippen LogP) is -1.68. The largest absolute Gasteiger partial charge is 0.493 e. The molecule has 49 heavy (non-hydrogen) atoms. The van der Waals surface area contributed by atoms with Crippen molar-refractivity contribution in [2.24, 2.45) is 0 Å². The van der Waals surface area contributed by atoms with Gasteiger partial charge in [-0.1, -0.05) is 24.3 Å². The minimum Gasteiger partial charge on any atom is -0.493 e. The molecule has 16 nitrogen and oxygen atoms in total. The third-order valence-electron chi connectivity index (χ3n) is 7.83. The second kappa shape index (κ2) is 17.1. The number of rotatable bonds is 14. The number of allylic oxidation sites excluding steroid dienone is 2. The van der Waals surface area contributed by atoms with Gasteiger partial charge in [-0.3, -0.25) is 9.59 Å². The van der Waals surface area contributed by atoms with Gasteiger partial charge in [-0.15, -0.1) is 0 Å². The molecule has 0 spiro atoms. The molecule has 2 saturated heterocycles. The van der Waals surface area contributed by atoms with Crippen LogP contribution < -0.4 is 18.9 Å². The fourth-order valence-electron chi connectivity index (χ4n) is 5.02. The fourth-order valence-corrected chi connectivity index (χ4v) is 5.02. The van der Waals surface area contributed by atoms with E-state index >= 15 is 0 Å². The first-order chi connectivity index (χ1) is 23.4. The molecule has 2 aromatic rings. The molecule has 0 aromatic heterocycles.